The normalized spacial score (nSPS) is 16.6. The molecule has 1 aliphatic carbocycles. The van der Waals surface area contributed by atoms with Gasteiger partial charge >= 0.3 is 0 Å². The van der Waals surface area contributed by atoms with Crippen LogP contribution in [0.5, 0.6) is 0 Å². The van der Waals surface area contributed by atoms with Crippen molar-refractivity contribution in [2.24, 2.45) is 5.92 Å². The summed E-state index contributed by atoms with van der Waals surface area (Å²) in [5.41, 5.74) is 0. The maximum Gasteiger partial charge on any atom is 0.0698 e. The van der Waals surface area contributed by atoms with Crippen LogP contribution in [0.4, 0.5) is 0 Å². The monoisotopic (exact) mass is 215 g/mol. The maximum absolute atomic E-state index is 8.59. The smallest absolute Gasteiger partial charge is 0.0698 e. The second-order valence-corrected chi connectivity index (χ2v) is 4.70. The molecular formula is C12H25NO2. The lowest BCUT2D eigenvalue weighted by atomic mass is 10.2. The summed E-state index contributed by atoms with van der Waals surface area (Å²) in [7, 11) is 0. The minimum Gasteiger partial charge on any atom is -0.394 e. The van der Waals surface area contributed by atoms with E-state index in [0.717, 1.165) is 19.1 Å². The van der Waals surface area contributed by atoms with Crippen LogP contribution in [-0.4, -0.2) is 49.0 Å². The lowest BCUT2D eigenvalue weighted by Gasteiger charge is -2.26. The highest BCUT2D eigenvalue weighted by molar-refractivity contribution is 4.75. The zero-order valence-corrected chi connectivity index (χ0v) is 10.1. The van der Waals surface area contributed by atoms with Crippen molar-refractivity contribution in [1.82, 2.24) is 4.90 Å². The van der Waals surface area contributed by atoms with E-state index in [0.29, 0.717) is 12.6 Å². The molecule has 1 aliphatic rings. The Bertz CT molecular complexity index is 158. The predicted molar refractivity (Wildman–Crippen MR) is 62.0 cm³/mol. The Kier molecular flexibility index (Phi) is 6.22. The van der Waals surface area contributed by atoms with Gasteiger partial charge in [0.25, 0.3) is 0 Å². The lowest BCUT2D eigenvalue weighted by molar-refractivity contribution is 0.0661. The molecule has 0 unspecified atom stereocenters. The van der Waals surface area contributed by atoms with Crippen molar-refractivity contribution in [2.75, 3.05) is 32.9 Å². The van der Waals surface area contributed by atoms with E-state index in [2.05, 4.69) is 18.7 Å². The van der Waals surface area contributed by atoms with Crippen LogP contribution in [-0.2, 0) is 4.74 Å². The predicted octanol–water partition coefficient (Wildman–Crippen LogP) is 1.51. The molecule has 1 N–H and O–H groups in total. The zero-order valence-electron chi connectivity index (χ0n) is 10.1. The molecule has 3 heteroatoms. The molecule has 15 heavy (non-hydrogen) atoms. The Hall–Kier alpha value is -0.120. The molecule has 0 heterocycles. The van der Waals surface area contributed by atoms with Gasteiger partial charge < -0.3 is 9.84 Å². The van der Waals surface area contributed by atoms with Crippen molar-refractivity contribution in [2.45, 2.75) is 39.2 Å². The number of aliphatic hydroxyl groups excluding tert-OH is 1. The van der Waals surface area contributed by atoms with E-state index in [1.807, 2.05) is 0 Å². The van der Waals surface area contributed by atoms with Crippen LogP contribution in [0.25, 0.3) is 0 Å². The SMILES string of the molecule is CC(C)N(CCOCCO)CCC1CC1. The Morgan fingerprint density at radius 3 is 2.53 bits per heavy atom. The summed E-state index contributed by atoms with van der Waals surface area (Å²) in [6.45, 7) is 7.99. The summed E-state index contributed by atoms with van der Waals surface area (Å²) in [5.74, 6) is 1.00. The molecule has 90 valence electrons. The van der Waals surface area contributed by atoms with E-state index in [1.54, 1.807) is 0 Å². The van der Waals surface area contributed by atoms with Crippen molar-refractivity contribution in [3.63, 3.8) is 0 Å². The van der Waals surface area contributed by atoms with Crippen LogP contribution >= 0.6 is 0 Å². The molecule has 0 aliphatic heterocycles. The zero-order chi connectivity index (χ0) is 11.1. The van der Waals surface area contributed by atoms with Gasteiger partial charge in [-0.2, -0.15) is 0 Å². The van der Waals surface area contributed by atoms with Gasteiger partial charge in [-0.05, 0) is 32.7 Å². The number of ether oxygens (including phenoxy) is 1. The first-order chi connectivity index (χ1) is 7.24. The summed E-state index contributed by atoms with van der Waals surface area (Å²) in [6, 6.07) is 0.599. The van der Waals surface area contributed by atoms with Crippen molar-refractivity contribution < 1.29 is 9.84 Å². The highest BCUT2D eigenvalue weighted by atomic mass is 16.5. The second kappa shape index (κ2) is 7.20. The summed E-state index contributed by atoms with van der Waals surface area (Å²) in [4.78, 5) is 2.47. The molecule has 0 aromatic carbocycles. The van der Waals surface area contributed by atoms with Gasteiger partial charge in [0.2, 0.25) is 0 Å². The van der Waals surface area contributed by atoms with Gasteiger partial charge in [-0.3, -0.25) is 4.90 Å². The number of hydrogen-bond acceptors (Lipinski definition) is 3. The summed E-state index contributed by atoms with van der Waals surface area (Å²) in [5, 5.41) is 8.59. The minimum absolute atomic E-state index is 0.129. The van der Waals surface area contributed by atoms with E-state index in [4.69, 9.17) is 9.84 Å². The number of aliphatic hydroxyl groups is 1. The first-order valence-corrected chi connectivity index (χ1v) is 6.16. The largest absolute Gasteiger partial charge is 0.394 e. The van der Waals surface area contributed by atoms with Crippen LogP contribution in [0, 0.1) is 5.92 Å². The molecule has 0 spiro atoms. The highest BCUT2D eigenvalue weighted by Gasteiger charge is 2.22. The molecule has 1 fully saturated rings. The van der Waals surface area contributed by atoms with Crippen molar-refractivity contribution >= 4 is 0 Å². The van der Waals surface area contributed by atoms with Gasteiger partial charge in [-0.25, -0.2) is 0 Å². The summed E-state index contributed by atoms with van der Waals surface area (Å²) < 4.78 is 5.29. The molecule has 0 saturated heterocycles. The molecule has 1 saturated carbocycles. The Balaban J connectivity index is 2.05. The van der Waals surface area contributed by atoms with Crippen LogP contribution < -0.4 is 0 Å². The van der Waals surface area contributed by atoms with Gasteiger partial charge in [0.05, 0.1) is 19.8 Å². The third-order valence-corrected chi connectivity index (χ3v) is 3.01. The summed E-state index contributed by atoms with van der Waals surface area (Å²) in [6.07, 6.45) is 4.22. The van der Waals surface area contributed by atoms with Crippen molar-refractivity contribution in [3.05, 3.63) is 0 Å². The van der Waals surface area contributed by atoms with Crippen LogP contribution in [0.2, 0.25) is 0 Å². The Morgan fingerprint density at radius 1 is 1.27 bits per heavy atom. The molecule has 0 amide bonds. The average molecular weight is 215 g/mol. The fraction of sp³-hybridized carbons (Fsp3) is 1.00. The molecule has 0 bridgehead atoms. The van der Waals surface area contributed by atoms with E-state index in [1.165, 1.54) is 25.8 Å². The fourth-order valence-corrected chi connectivity index (χ4v) is 1.73. The van der Waals surface area contributed by atoms with Crippen LogP contribution in [0.1, 0.15) is 33.1 Å². The Morgan fingerprint density at radius 2 is 2.00 bits per heavy atom. The van der Waals surface area contributed by atoms with Crippen LogP contribution in [0.3, 0.4) is 0 Å². The molecule has 0 radical (unpaired) electrons. The maximum atomic E-state index is 8.59. The van der Waals surface area contributed by atoms with Gasteiger partial charge in [-0.1, -0.05) is 12.8 Å². The van der Waals surface area contributed by atoms with E-state index in [-0.39, 0.29) is 6.61 Å². The van der Waals surface area contributed by atoms with E-state index in [9.17, 15) is 0 Å². The first-order valence-electron chi connectivity index (χ1n) is 6.16. The number of nitrogens with zero attached hydrogens (tertiary/aromatic N) is 1. The van der Waals surface area contributed by atoms with Gasteiger partial charge in [0.15, 0.2) is 0 Å². The van der Waals surface area contributed by atoms with Crippen molar-refractivity contribution in [1.29, 1.82) is 0 Å². The number of rotatable bonds is 9. The van der Waals surface area contributed by atoms with E-state index >= 15 is 0 Å². The first kappa shape index (κ1) is 12.9. The van der Waals surface area contributed by atoms with E-state index < -0.39 is 0 Å². The molecule has 0 aromatic heterocycles. The molecule has 3 nitrogen and oxygen atoms in total. The minimum atomic E-state index is 0.129. The Labute approximate surface area is 93.4 Å². The van der Waals surface area contributed by atoms with Crippen LogP contribution in [0.15, 0.2) is 0 Å². The second-order valence-electron chi connectivity index (χ2n) is 4.70. The van der Waals surface area contributed by atoms with Gasteiger partial charge in [0.1, 0.15) is 0 Å². The van der Waals surface area contributed by atoms with Gasteiger partial charge in [0, 0.05) is 12.6 Å². The fourth-order valence-electron chi connectivity index (χ4n) is 1.73. The molecule has 1 rings (SSSR count). The molecular weight excluding hydrogens is 190 g/mol. The molecule has 0 aromatic rings. The third-order valence-electron chi connectivity index (χ3n) is 3.01. The number of hydrogen-bond donors (Lipinski definition) is 1. The standard InChI is InChI=1S/C12H25NO2/c1-11(2)13(6-5-12-3-4-12)7-9-15-10-8-14/h11-12,14H,3-10H2,1-2H3. The van der Waals surface area contributed by atoms with Crippen molar-refractivity contribution in [3.8, 4) is 0 Å². The molecule has 0 atom stereocenters. The lowest BCUT2D eigenvalue weighted by Crippen LogP contribution is -2.35. The summed E-state index contributed by atoms with van der Waals surface area (Å²) >= 11 is 0. The van der Waals surface area contributed by atoms with Gasteiger partial charge in [-0.15, -0.1) is 0 Å². The average Bonchev–Trinajstić information content (AvgIpc) is 3.00. The quantitative estimate of drug-likeness (QED) is 0.592. The third kappa shape index (κ3) is 6.13. The highest BCUT2D eigenvalue weighted by Crippen LogP contribution is 2.32. The topological polar surface area (TPSA) is 32.7 Å².